The van der Waals surface area contributed by atoms with Crippen molar-refractivity contribution >= 4 is 15.9 Å². The summed E-state index contributed by atoms with van der Waals surface area (Å²) in [4.78, 5) is 0.331. The molecule has 0 amide bonds. The molecule has 0 saturated carbocycles. The van der Waals surface area contributed by atoms with E-state index in [4.69, 9.17) is 0 Å². The normalized spacial score (nSPS) is 27.3. The van der Waals surface area contributed by atoms with Gasteiger partial charge in [0.15, 0.2) is 0 Å². The minimum Gasteiger partial charge on any atom is -0.375 e. The van der Waals surface area contributed by atoms with Crippen LogP contribution in [0, 0.1) is 0 Å². The van der Waals surface area contributed by atoms with Gasteiger partial charge >= 0.3 is 0 Å². The average Bonchev–Trinajstić information content (AvgIpc) is 1.69. The summed E-state index contributed by atoms with van der Waals surface area (Å²) >= 11 is 3.34. The lowest BCUT2D eigenvalue weighted by Crippen LogP contribution is -2.15. The summed E-state index contributed by atoms with van der Waals surface area (Å²) in [6.45, 7) is 0. The molecule has 0 radical (unpaired) electrons. The SMILES string of the molecule is BrC1C=CC=CN1. The number of nitrogens with one attached hydrogen (secondary N) is 1. The lowest BCUT2D eigenvalue weighted by Gasteiger charge is -2.05. The van der Waals surface area contributed by atoms with Gasteiger partial charge in [0.05, 0.1) is 0 Å². The summed E-state index contributed by atoms with van der Waals surface area (Å²) in [7, 11) is 0. The van der Waals surface area contributed by atoms with E-state index in [-0.39, 0.29) is 0 Å². The van der Waals surface area contributed by atoms with Gasteiger partial charge in [0.25, 0.3) is 0 Å². The molecular formula is C5H6BrN. The first kappa shape index (κ1) is 4.91. The van der Waals surface area contributed by atoms with Crippen LogP contribution in [0.25, 0.3) is 0 Å². The van der Waals surface area contributed by atoms with Crippen LogP contribution in [0.1, 0.15) is 0 Å². The van der Waals surface area contributed by atoms with Gasteiger partial charge in [0.1, 0.15) is 4.95 Å². The van der Waals surface area contributed by atoms with E-state index in [9.17, 15) is 0 Å². The van der Waals surface area contributed by atoms with Crippen molar-refractivity contribution in [2.45, 2.75) is 4.95 Å². The number of alkyl halides is 1. The van der Waals surface area contributed by atoms with Gasteiger partial charge in [0, 0.05) is 0 Å². The van der Waals surface area contributed by atoms with Gasteiger partial charge in [-0.3, -0.25) is 0 Å². The van der Waals surface area contributed by atoms with Crippen LogP contribution in [0.3, 0.4) is 0 Å². The Kier molecular flexibility index (Phi) is 1.52. The van der Waals surface area contributed by atoms with Crippen LogP contribution in [0.5, 0.6) is 0 Å². The molecule has 7 heavy (non-hydrogen) atoms. The third-order valence-corrected chi connectivity index (χ3v) is 1.31. The Labute approximate surface area is 51.2 Å². The molecule has 1 rings (SSSR count). The number of hydrogen-bond donors (Lipinski definition) is 1. The number of rotatable bonds is 0. The van der Waals surface area contributed by atoms with E-state index >= 15 is 0 Å². The molecule has 2 heteroatoms. The largest absolute Gasteiger partial charge is 0.375 e. The summed E-state index contributed by atoms with van der Waals surface area (Å²) in [5, 5.41) is 3.03. The average molecular weight is 160 g/mol. The molecule has 1 atom stereocenters. The lowest BCUT2D eigenvalue weighted by molar-refractivity contribution is 0.927. The van der Waals surface area contributed by atoms with Gasteiger partial charge in [-0.05, 0) is 12.3 Å². The molecule has 38 valence electrons. The maximum atomic E-state index is 3.34. The van der Waals surface area contributed by atoms with Crippen molar-refractivity contribution in [1.82, 2.24) is 5.32 Å². The first-order chi connectivity index (χ1) is 3.39. The predicted molar refractivity (Wildman–Crippen MR) is 34.1 cm³/mol. The van der Waals surface area contributed by atoms with Gasteiger partial charge < -0.3 is 5.32 Å². The van der Waals surface area contributed by atoms with E-state index in [1.165, 1.54) is 0 Å². The summed E-state index contributed by atoms with van der Waals surface area (Å²) < 4.78 is 0. The summed E-state index contributed by atoms with van der Waals surface area (Å²) in [6, 6.07) is 0. The number of allylic oxidation sites excluding steroid dienone is 2. The van der Waals surface area contributed by atoms with Crippen LogP contribution in [0.15, 0.2) is 24.4 Å². The van der Waals surface area contributed by atoms with Crippen molar-refractivity contribution in [2.24, 2.45) is 0 Å². The Bertz CT molecular complexity index is 107. The second-order valence-corrected chi connectivity index (χ2v) is 2.30. The molecule has 1 N–H and O–H groups in total. The van der Waals surface area contributed by atoms with Crippen LogP contribution in [-0.2, 0) is 0 Å². The fourth-order valence-electron chi connectivity index (χ4n) is 0.420. The van der Waals surface area contributed by atoms with E-state index in [1.807, 2.05) is 24.4 Å². The highest BCUT2D eigenvalue weighted by molar-refractivity contribution is 9.09. The number of dihydropyridines is 1. The lowest BCUT2D eigenvalue weighted by atomic mass is 10.4. The van der Waals surface area contributed by atoms with Crippen molar-refractivity contribution in [3.63, 3.8) is 0 Å². The number of hydrogen-bond acceptors (Lipinski definition) is 1. The highest BCUT2D eigenvalue weighted by atomic mass is 79.9. The van der Waals surface area contributed by atoms with Crippen LogP contribution in [-0.4, -0.2) is 4.95 Å². The zero-order chi connectivity index (χ0) is 5.11. The third-order valence-electron chi connectivity index (χ3n) is 0.743. The standard InChI is InChI=1S/C5H6BrN/c6-5-3-1-2-4-7-5/h1-5,7H. The predicted octanol–water partition coefficient (Wildman–Crippen LogP) is 1.38. The molecule has 0 aromatic rings. The van der Waals surface area contributed by atoms with Gasteiger partial charge in [0.2, 0.25) is 0 Å². The first-order valence-electron chi connectivity index (χ1n) is 2.13. The molecule has 0 aliphatic carbocycles. The summed E-state index contributed by atoms with van der Waals surface area (Å²) in [6.07, 6.45) is 7.88. The molecule has 1 aliphatic heterocycles. The molecule has 1 unspecified atom stereocenters. The molecular weight excluding hydrogens is 154 g/mol. The van der Waals surface area contributed by atoms with Crippen molar-refractivity contribution in [1.29, 1.82) is 0 Å². The van der Waals surface area contributed by atoms with E-state index in [0.717, 1.165) is 0 Å². The monoisotopic (exact) mass is 159 g/mol. The van der Waals surface area contributed by atoms with E-state index in [1.54, 1.807) is 0 Å². The topological polar surface area (TPSA) is 12.0 Å². The second kappa shape index (κ2) is 2.17. The van der Waals surface area contributed by atoms with Crippen molar-refractivity contribution < 1.29 is 0 Å². The van der Waals surface area contributed by atoms with Crippen LogP contribution in [0.4, 0.5) is 0 Å². The minimum atomic E-state index is 0.331. The van der Waals surface area contributed by atoms with Gasteiger partial charge in [-0.1, -0.05) is 28.1 Å². The maximum absolute atomic E-state index is 3.34. The zero-order valence-corrected chi connectivity index (χ0v) is 5.35. The van der Waals surface area contributed by atoms with E-state index < -0.39 is 0 Å². The highest BCUT2D eigenvalue weighted by Gasteiger charge is 1.92. The Balaban J connectivity index is 2.49. The second-order valence-electron chi connectivity index (χ2n) is 1.31. The van der Waals surface area contributed by atoms with E-state index in [0.29, 0.717) is 4.95 Å². The minimum absolute atomic E-state index is 0.331. The Morgan fingerprint density at radius 1 is 1.43 bits per heavy atom. The zero-order valence-electron chi connectivity index (χ0n) is 3.76. The molecule has 1 heterocycles. The molecule has 1 nitrogen and oxygen atoms in total. The Hall–Kier alpha value is -0.240. The van der Waals surface area contributed by atoms with Crippen molar-refractivity contribution in [2.75, 3.05) is 0 Å². The fraction of sp³-hybridized carbons (Fsp3) is 0.200. The fourth-order valence-corrected chi connectivity index (χ4v) is 0.749. The van der Waals surface area contributed by atoms with Crippen LogP contribution in [0.2, 0.25) is 0 Å². The van der Waals surface area contributed by atoms with Gasteiger partial charge in [-0.2, -0.15) is 0 Å². The molecule has 0 bridgehead atoms. The molecule has 0 aromatic carbocycles. The summed E-state index contributed by atoms with van der Waals surface area (Å²) in [5.74, 6) is 0. The van der Waals surface area contributed by atoms with Gasteiger partial charge in [-0.15, -0.1) is 0 Å². The quantitative estimate of drug-likeness (QED) is 0.417. The van der Waals surface area contributed by atoms with Crippen molar-refractivity contribution in [3.8, 4) is 0 Å². The highest BCUT2D eigenvalue weighted by Crippen LogP contribution is 1.99. The third kappa shape index (κ3) is 1.35. The van der Waals surface area contributed by atoms with Gasteiger partial charge in [-0.25, -0.2) is 0 Å². The molecule has 0 aromatic heterocycles. The smallest absolute Gasteiger partial charge is 0.100 e. The van der Waals surface area contributed by atoms with Crippen LogP contribution >= 0.6 is 15.9 Å². The number of halogens is 1. The molecule has 1 aliphatic rings. The van der Waals surface area contributed by atoms with Crippen LogP contribution < -0.4 is 5.32 Å². The first-order valence-corrected chi connectivity index (χ1v) is 3.04. The molecule has 0 saturated heterocycles. The Morgan fingerprint density at radius 3 is 2.57 bits per heavy atom. The molecule has 0 fully saturated rings. The van der Waals surface area contributed by atoms with E-state index in [2.05, 4.69) is 21.2 Å². The maximum Gasteiger partial charge on any atom is 0.100 e. The molecule has 0 spiro atoms. The summed E-state index contributed by atoms with van der Waals surface area (Å²) in [5.41, 5.74) is 0. The van der Waals surface area contributed by atoms with Crippen molar-refractivity contribution in [3.05, 3.63) is 24.4 Å². The Morgan fingerprint density at radius 2 is 2.29 bits per heavy atom.